The van der Waals surface area contributed by atoms with Gasteiger partial charge in [0.15, 0.2) is 0 Å². The minimum Gasteiger partial charge on any atom is -0.469 e. The van der Waals surface area contributed by atoms with Gasteiger partial charge in [0.1, 0.15) is 0 Å². The lowest BCUT2D eigenvalue weighted by atomic mass is 10.1. The van der Waals surface area contributed by atoms with E-state index < -0.39 is 27.2 Å². The molecule has 21 heavy (non-hydrogen) atoms. The summed E-state index contributed by atoms with van der Waals surface area (Å²) in [5.41, 5.74) is 0. The normalized spacial score (nSPS) is 28.7. The Bertz CT molecular complexity index is 456. The van der Waals surface area contributed by atoms with E-state index in [0.717, 1.165) is 19.3 Å². The van der Waals surface area contributed by atoms with Crippen LogP contribution >= 0.6 is 0 Å². The summed E-state index contributed by atoms with van der Waals surface area (Å²) in [7, 11) is -2.11. The zero-order valence-electron chi connectivity index (χ0n) is 12.8. The van der Waals surface area contributed by atoms with Crippen LogP contribution in [0.5, 0.6) is 0 Å². The van der Waals surface area contributed by atoms with Crippen molar-refractivity contribution in [3.05, 3.63) is 0 Å². The van der Waals surface area contributed by atoms with Crippen molar-refractivity contribution in [1.82, 2.24) is 4.31 Å². The second-order valence-corrected chi connectivity index (χ2v) is 7.85. The van der Waals surface area contributed by atoms with Crippen LogP contribution in [0.25, 0.3) is 0 Å². The molecule has 0 bridgehead atoms. The number of hydrogen-bond donors (Lipinski definition) is 0. The number of hydrogen-bond acceptors (Lipinski definition) is 5. The molecule has 1 heterocycles. The van der Waals surface area contributed by atoms with Crippen molar-refractivity contribution in [2.45, 2.75) is 50.4 Å². The number of esters is 1. The summed E-state index contributed by atoms with van der Waals surface area (Å²) in [6, 6.07) is 0. The maximum absolute atomic E-state index is 12.8. The molecule has 0 spiro atoms. The minimum absolute atomic E-state index is 0.154. The third-order valence-electron chi connectivity index (χ3n) is 4.50. The van der Waals surface area contributed by atoms with Gasteiger partial charge in [-0.2, -0.15) is 0 Å². The van der Waals surface area contributed by atoms with Gasteiger partial charge >= 0.3 is 5.97 Å². The minimum atomic E-state index is -3.43. The molecule has 0 radical (unpaired) electrons. The van der Waals surface area contributed by atoms with Gasteiger partial charge < -0.3 is 9.47 Å². The van der Waals surface area contributed by atoms with Crippen LogP contribution in [0.3, 0.4) is 0 Å². The molecular weight excluding hydrogens is 294 g/mol. The van der Waals surface area contributed by atoms with Crippen LogP contribution in [-0.2, 0) is 24.3 Å². The number of methoxy groups -OCH3 is 1. The molecule has 6 nitrogen and oxygen atoms in total. The maximum Gasteiger partial charge on any atom is 0.310 e. The monoisotopic (exact) mass is 319 g/mol. The predicted molar refractivity (Wildman–Crippen MR) is 78.3 cm³/mol. The van der Waals surface area contributed by atoms with Crippen LogP contribution in [-0.4, -0.2) is 56.9 Å². The number of piperidine rings is 1. The number of nitrogens with zero attached hydrogens (tertiary/aromatic N) is 1. The average Bonchev–Trinajstić information content (AvgIpc) is 2.97. The van der Waals surface area contributed by atoms with E-state index in [9.17, 15) is 13.2 Å². The summed E-state index contributed by atoms with van der Waals surface area (Å²) in [6.07, 6.45) is 3.52. The lowest BCUT2D eigenvalue weighted by Gasteiger charge is -2.33. The molecule has 0 aromatic heterocycles. The van der Waals surface area contributed by atoms with Gasteiger partial charge in [-0.3, -0.25) is 4.79 Å². The van der Waals surface area contributed by atoms with Crippen molar-refractivity contribution < 1.29 is 22.7 Å². The highest BCUT2D eigenvalue weighted by Crippen LogP contribution is 2.34. The smallest absolute Gasteiger partial charge is 0.310 e. The topological polar surface area (TPSA) is 72.9 Å². The summed E-state index contributed by atoms with van der Waals surface area (Å²) in [5, 5.41) is -0.617. The van der Waals surface area contributed by atoms with E-state index in [-0.39, 0.29) is 6.10 Å². The van der Waals surface area contributed by atoms with Gasteiger partial charge in [0.2, 0.25) is 10.0 Å². The molecule has 1 saturated carbocycles. The maximum atomic E-state index is 12.8. The van der Waals surface area contributed by atoms with Crippen molar-refractivity contribution in [2.75, 3.05) is 26.8 Å². The molecule has 2 aliphatic rings. The molecule has 0 amide bonds. The molecule has 0 aromatic rings. The summed E-state index contributed by atoms with van der Waals surface area (Å²) >= 11 is 0. The highest BCUT2D eigenvalue weighted by molar-refractivity contribution is 7.89. The van der Waals surface area contributed by atoms with Gasteiger partial charge in [0.25, 0.3) is 0 Å². The molecule has 2 atom stereocenters. The Morgan fingerprint density at radius 3 is 2.43 bits per heavy atom. The van der Waals surface area contributed by atoms with E-state index in [1.54, 1.807) is 0 Å². The molecule has 122 valence electrons. The van der Waals surface area contributed by atoms with Gasteiger partial charge in [0, 0.05) is 19.7 Å². The fraction of sp³-hybridized carbons (Fsp3) is 0.929. The Morgan fingerprint density at radius 2 is 1.86 bits per heavy atom. The second kappa shape index (κ2) is 7.07. The van der Waals surface area contributed by atoms with Crippen LogP contribution in [0.2, 0.25) is 0 Å². The summed E-state index contributed by atoms with van der Waals surface area (Å²) in [4.78, 5) is 11.8. The van der Waals surface area contributed by atoms with E-state index in [2.05, 4.69) is 0 Å². The van der Waals surface area contributed by atoms with Crippen molar-refractivity contribution >= 4 is 16.0 Å². The summed E-state index contributed by atoms with van der Waals surface area (Å²) in [5.74, 6) is -0.908. The molecule has 0 N–H and O–H groups in total. The Hall–Kier alpha value is -0.660. The van der Waals surface area contributed by atoms with Crippen molar-refractivity contribution in [1.29, 1.82) is 0 Å². The van der Waals surface area contributed by atoms with E-state index in [1.807, 2.05) is 6.92 Å². The molecule has 2 rings (SSSR count). The Labute approximate surface area is 126 Å². The van der Waals surface area contributed by atoms with E-state index in [4.69, 9.17) is 9.47 Å². The van der Waals surface area contributed by atoms with Gasteiger partial charge in [-0.1, -0.05) is 6.42 Å². The SMILES string of the molecule is CCOC1CCN(S(=O)(=O)C2CCCC2C(=O)OC)CC1. The summed E-state index contributed by atoms with van der Waals surface area (Å²) < 4.78 is 37.4. The first-order valence-electron chi connectivity index (χ1n) is 7.69. The molecule has 1 saturated heterocycles. The standard InChI is InChI=1S/C14H25NO5S/c1-3-20-11-7-9-15(10-8-11)21(17,18)13-6-4-5-12(13)14(16)19-2/h11-13H,3-10H2,1-2H3. The Balaban J connectivity index is 2.03. The zero-order chi connectivity index (χ0) is 15.5. The first kappa shape index (κ1) is 16.7. The lowest BCUT2D eigenvalue weighted by Crippen LogP contribution is -2.47. The molecular formula is C14H25NO5S. The quantitative estimate of drug-likeness (QED) is 0.711. The molecule has 0 aromatic carbocycles. The number of carbonyl (C=O) groups is 1. The van der Waals surface area contributed by atoms with Crippen LogP contribution in [0.4, 0.5) is 0 Å². The van der Waals surface area contributed by atoms with Crippen LogP contribution < -0.4 is 0 Å². The third kappa shape index (κ3) is 3.57. The van der Waals surface area contributed by atoms with Crippen LogP contribution in [0.15, 0.2) is 0 Å². The van der Waals surface area contributed by atoms with Crippen molar-refractivity contribution in [3.8, 4) is 0 Å². The van der Waals surface area contributed by atoms with Gasteiger partial charge in [-0.05, 0) is 32.6 Å². The Morgan fingerprint density at radius 1 is 1.19 bits per heavy atom. The fourth-order valence-electron chi connectivity index (χ4n) is 3.38. The number of ether oxygens (including phenoxy) is 2. The van der Waals surface area contributed by atoms with E-state index in [1.165, 1.54) is 11.4 Å². The lowest BCUT2D eigenvalue weighted by molar-refractivity contribution is -0.145. The van der Waals surface area contributed by atoms with Gasteiger partial charge in [0.05, 0.1) is 24.4 Å². The zero-order valence-corrected chi connectivity index (χ0v) is 13.6. The second-order valence-electron chi connectivity index (χ2n) is 5.70. The largest absolute Gasteiger partial charge is 0.469 e. The first-order valence-corrected chi connectivity index (χ1v) is 9.19. The van der Waals surface area contributed by atoms with Gasteiger partial charge in [-0.15, -0.1) is 0 Å². The van der Waals surface area contributed by atoms with Crippen molar-refractivity contribution in [2.24, 2.45) is 5.92 Å². The van der Waals surface area contributed by atoms with E-state index >= 15 is 0 Å². The summed E-state index contributed by atoms with van der Waals surface area (Å²) in [6.45, 7) is 3.57. The van der Waals surface area contributed by atoms with Gasteiger partial charge in [-0.25, -0.2) is 12.7 Å². The van der Waals surface area contributed by atoms with Crippen LogP contribution in [0, 0.1) is 5.92 Å². The number of carbonyl (C=O) groups excluding carboxylic acids is 1. The first-order chi connectivity index (χ1) is 10.0. The molecule has 2 unspecified atom stereocenters. The Kier molecular flexibility index (Phi) is 5.62. The molecule has 1 aliphatic heterocycles. The number of sulfonamides is 1. The average molecular weight is 319 g/mol. The highest BCUT2D eigenvalue weighted by Gasteiger charge is 2.45. The number of rotatable bonds is 5. The fourth-order valence-corrected chi connectivity index (χ4v) is 5.61. The predicted octanol–water partition coefficient (Wildman–Crippen LogP) is 1.16. The molecule has 7 heteroatoms. The molecule has 2 fully saturated rings. The van der Waals surface area contributed by atoms with Crippen molar-refractivity contribution in [3.63, 3.8) is 0 Å². The van der Waals surface area contributed by atoms with Crippen LogP contribution in [0.1, 0.15) is 39.0 Å². The van der Waals surface area contributed by atoms with E-state index in [0.29, 0.717) is 32.5 Å². The third-order valence-corrected chi connectivity index (χ3v) is 6.92. The highest BCUT2D eigenvalue weighted by atomic mass is 32.2. The molecule has 1 aliphatic carbocycles.